The molecule has 0 atom stereocenters. The van der Waals surface area contributed by atoms with Crippen molar-refractivity contribution in [2.45, 2.75) is 65.3 Å². The second-order valence-electron chi connectivity index (χ2n) is 5.98. The van der Waals surface area contributed by atoms with Gasteiger partial charge in [-0.2, -0.15) is 5.26 Å². The van der Waals surface area contributed by atoms with Crippen LogP contribution in [0.15, 0.2) is 18.2 Å². The van der Waals surface area contributed by atoms with E-state index >= 15 is 0 Å². The first-order valence-electron chi connectivity index (χ1n) is 8.03. The lowest BCUT2D eigenvalue weighted by Crippen LogP contribution is -2.03. The molecule has 0 fully saturated rings. The molecule has 3 heteroatoms. The van der Waals surface area contributed by atoms with E-state index < -0.39 is 0 Å². The van der Waals surface area contributed by atoms with Gasteiger partial charge in [0.15, 0.2) is 0 Å². The molecule has 3 nitrogen and oxygen atoms in total. The predicted octanol–water partition coefficient (Wildman–Crippen LogP) is 4.81. The van der Waals surface area contributed by atoms with Crippen LogP contribution < -0.4 is 0 Å². The largest absolute Gasteiger partial charge is 0.327 e. The third-order valence-electron chi connectivity index (χ3n) is 3.99. The van der Waals surface area contributed by atoms with Crippen LogP contribution in [0.1, 0.15) is 63.8 Å². The van der Waals surface area contributed by atoms with Gasteiger partial charge in [0.1, 0.15) is 5.82 Å². The van der Waals surface area contributed by atoms with Crippen LogP contribution >= 0.6 is 0 Å². The van der Waals surface area contributed by atoms with Crippen LogP contribution in [-0.4, -0.2) is 9.55 Å². The Bertz CT molecular complexity index is 632. The highest BCUT2D eigenvalue weighted by molar-refractivity contribution is 5.77. The van der Waals surface area contributed by atoms with Gasteiger partial charge in [0.25, 0.3) is 0 Å². The molecule has 0 saturated heterocycles. The highest BCUT2D eigenvalue weighted by Crippen LogP contribution is 2.23. The summed E-state index contributed by atoms with van der Waals surface area (Å²) in [5.74, 6) is 1.41. The number of nitrogens with zero attached hydrogens (tertiary/aromatic N) is 3. The van der Waals surface area contributed by atoms with Gasteiger partial charge in [-0.25, -0.2) is 4.98 Å². The minimum atomic E-state index is 0.388. The Labute approximate surface area is 127 Å². The fraction of sp³-hybridized carbons (Fsp3) is 0.556. The SMILES string of the molecule is CCCCCCn1c(CC#N)nc2cc(C(C)C)ccc21. The summed E-state index contributed by atoms with van der Waals surface area (Å²) in [5, 5.41) is 9.02. The van der Waals surface area contributed by atoms with Crippen LogP contribution in [0.25, 0.3) is 11.0 Å². The number of unbranched alkanes of at least 4 members (excludes halogenated alkanes) is 3. The standard InChI is InChI=1S/C18H25N3/c1-4-5-6-7-12-21-17-9-8-15(14(2)3)13-16(17)20-18(21)10-11-19/h8-9,13-14H,4-7,10,12H2,1-3H3. The molecule has 0 unspecified atom stereocenters. The Balaban J connectivity index is 2.31. The van der Waals surface area contributed by atoms with Gasteiger partial charge in [-0.3, -0.25) is 0 Å². The van der Waals surface area contributed by atoms with Crippen LogP contribution in [0.4, 0.5) is 0 Å². The van der Waals surface area contributed by atoms with E-state index in [1.807, 2.05) is 0 Å². The highest BCUT2D eigenvalue weighted by atomic mass is 15.1. The fourth-order valence-electron chi connectivity index (χ4n) is 2.71. The molecule has 0 bridgehead atoms. The van der Waals surface area contributed by atoms with Crippen molar-refractivity contribution in [3.05, 3.63) is 29.6 Å². The van der Waals surface area contributed by atoms with Crippen LogP contribution in [0.5, 0.6) is 0 Å². The maximum Gasteiger partial charge on any atom is 0.124 e. The summed E-state index contributed by atoms with van der Waals surface area (Å²) in [7, 11) is 0. The van der Waals surface area contributed by atoms with Crippen molar-refractivity contribution in [1.29, 1.82) is 5.26 Å². The molecule has 0 aliphatic rings. The number of hydrogen-bond donors (Lipinski definition) is 0. The number of fused-ring (bicyclic) bond motifs is 1. The lowest BCUT2D eigenvalue weighted by Gasteiger charge is -2.08. The highest BCUT2D eigenvalue weighted by Gasteiger charge is 2.11. The van der Waals surface area contributed by atoms with E-state index in [2.05, 4.69) is 54.6 Å². The first-order chi connectivity index (χ1) is 10.2. The summed E-state index contributed by atoms with van der Waals surface area (Å²) in [6, 6.07) is 8.76. The third kappa shape index (κ3) is 3.64. The molecule has 1 aromatic heterocycles. The molecule has 2 aromatic rings. The number of rotatable bonds is 7. The Morgan fingerprint density at radius 2 is 2.05 bits per heavy atom. The minimum Gasteiger partial charge on any atom is -0.327 e. The Morgan fingerprint density at radius 1 is 1.24 bits per heavy atom. The van der Waals surface area contributed by atoms with Gasteiger partial charge >= 0.3 is 0 Å². The second kappa shape index (κ2) is 7.26. The molecule has 112 valence electrons. The van der Waals surface area contributed by atoms with Gasteiger partial charge in [-0.1, -0.05) is 46.1 Å². The summed E-state index contributed by atoms with van der Waals surface area (Å²) in [5.41, 5.74) is 3.50. The number of aryl methyl sites for hydroxylation is 1. The summed E-state index contributed by atoms with van der Waals surface area (Å²) >= 11 is 0. The van der Waals surface area contributed by atoms with Crippen LogP contribution in [0.3, 0.4) is 0 Å². The molecule has 0 N–H and O–H groups in total. The van der Waals surface area contributed by atoms with E-state index in [-0.39, 0.29) is 0 Å². The summed E-state index contributed by atoms with van der Waals surface area (Å²) in [6.07, 6.45) is 5.31. The lowest BCUT2D eigenvalue weighted by atomic mass is 10.0. The molecule has 0 spiro atoms. The Hall–Kier alpha value is -1.82. The first kappa shape index (κ1) is 15.6. The van der Waals surface area contributed by atoms with Gasteiger partial charge in [-0.05, 0) is 30.0 Å². The molecule has 2 rings (SSSR count). The fourth-order valence-corrected chi connectivity index (χ4v) is 2.71. The van der Waals surface area contributed by atoms with E-state index in [1.54, 1.807) is 0 Å². The average Bonchev–Trinajstić information content (AvgIpc) is 2.81. The minimum absolute atomic E-state index is 0.388. The molecule has 1 aromatic carbocycles. The van der Waals surface area contributed by atoms with Crippen molar-refractivity contribution in [3.63, 3.8) is 0 Å². The van der Waals surface area contributed by atoms with Crippen molar-refractivity contribution in [2.24, 2.45) is 0 Å². The van der Waals surface area contributed by atoms with E-state index in [1.165, 1.54) is 30.3 Å². The number of imidazole rings is 1. The maximum absolute atomic E-state index is 9.02. The van der Waals surface area contributed by atoms with Crippen molar-refractivity contribution < 1.29 is 0 Å². The first-order valence-corrected chi connectivity index (χ1v) is 8.03. The van der Waals surface area contributed by atoms with E-state index in [0.29, 0.717) is 12.3 Å². The summed E-state index contributed by atoms with van der Waals surface area (Å²) in [6.45, 7) is 7.58. The molecule has 0 radical (unpaired) electrons. The van der Waals surface area contributed by atoms with Gasteiger partial charge in [0.05, 0.1) is 23.5 Å². The maximum atomic E-state index is 9.02. The molecular formula is C18H25N3. The molecule has 1 heterocycles. The summed E-state index contributed by atoms with van der Waals surface area (Å²) < 4.78 is 2.23. The number of benzene rings is 1. The van der Waals surface area contributed by atoms with E-state index in [9.17, 15) is 0 Å². The van der Waals surface area contributed by atoms with Gasteiger partial charge in [0, 0.05) is 6.54 Å². The quantitative estimate of drug-likeness (QED) is 0.684. The van der Waals surface area contributed by atoms with Gasteiger partial charge in [-0.15, -0.1) is 0 Å². The topological polar surface area (TPSA) is 41.6 Å². The van der Waals surface area contributed by atoms with E-state index in [4.69, 9.17) is 5.26 Å². The monoisotopic (exact) mass is 283 g/mol. The zero-order valence-electron chi connectivity index (χ0n) is 13.4. The van der Waals surface area contributed by atoms with Crippen LogP contribution in [0.2, 0.25) is 0 Å². The zero-order chi connectivity index (χ0) is 15.2. The lowest BCUT2D eigenvalue weighted by molar-refractivity contribution is 0.579. The Morgan fingerprint density at radius 3 is 2.71 bits per heavy atom. The average molecular weight is 283 g/mol. The third-order valence-corrected chi connectivity index (χ3v) is 3.99. The van der Waals surface area contributed by atoms with Crippen LogP contribution in [0, 0.1) is 11.3 Å². The molecule has 0 saturated carbocycles. The van der Waals surface area contributed by atoms with E-state index in [0.717, 1.165) is 24.3 Å². The van der Waals surface area contributed by atoms with Gasteiger partial charge in [0.2, 0.25) is 0 Å². The molecular weight excluding hydrogens is 258 g/mol. The predicted molar refractivity (Wildman–Crippen MR) is 87.3 cm³/mol. The van der Waals surface area contributed by atoms with Crippen molar-refractivity contribution in [2.75, 3.05) is 0 Å². The van der Waals surface area contributed by atoms with Gasteiger partial charge < -0.3 is 4.57 Å². The second-order valence-corrected chi connectivity index (χ2v) is 5.98. The van der Waals surface area contributed by atoms with Crippen molar-refractivity contribution >= 4 is 11.0 Å². The van der Waals surface area contributed by atoms with Crippen molar-refractivity contribution in [3.8, 4) is 6.07 Å². The smallest absolute Gasteiger partial charge is 0.124 e. The molecule has 0 amide bonds. The van der Waals surface area contributed by atoms with Crippen LogP contribution in [-0.2, 0) is 13.0 Å². The zero-order valence-corrected chi connectivity index (χ0v) is 13.4. The molecule has 0 aliphatic carbocycles. The Kier molecular flexibility index (Phi) is 5.38. The number of aromatic nitrogens is 2. The summed E-state index contributed by atoms with van der Waals surface area (Å²) in [4.78, 5) is 4.68. The molecule has 21 heavy (non-hydrogen) atoms. The van der Waals surface area contributed by atoms with Crippen molar-refractivity contribution in [1.82, 2.24) is 9.55 Å². The number of nitriles is 1. The number of hydrogen-bond acceptors (Lipinski definition) is 2. The molecule has 0 aliphatic heterocycles. The normalized spacial score (nSPS) is 11.2.